The molecule has 0 saturated heterocycles. The van der Waals surface area contributed by atoms with E-state index in [2.05, 4.69) is 20.3 Å². The van der Waals surface area contributed by atoms with Crippen molar-refractivity contribution >= 4 is 17.5 Å². The zero-order valence-electron chi connectivity index (χ0n) is 10.9. The molecule has 0 saturated carbocycles. The largest absolute Gasteiger partial charge is 0.436 e. The Balaban J connectivity index is 2.22. The summed E-state index contributed by atoms with van der Waals surface area (Å²) in [6, 6.07) is 4.94. The highest BCUT2D eigenvalue weighted by molar-refractivity contribution is 6.30. The van der Waals surface area contributed by atoms with Crippen LogP contribution in [0.25, 0.3) is 0 Å². The van der Waals surface area contributed by atoms with Gasteiger partial charge in [-0.2, -0.15) is 0 Å². The lowest BCUT2D eigenvalue weighted by molar-refractivity contribution is 0.0537. The van der Waals surface area contributed by atoms with Crippen LogP contribution in [0.3, 0.4) is 0 Å². The molecule has 104 valence electrons. The van der Waals surface area contributed by atoms with Gasteiger partial charge < -0.3 is 4.74 Å². The highest BCUT2D eigenvalue weighted by Crippen LogP contribution is 2.27. The lowest BCUT2D eigenvalue weighted by Crippen LogP contribution is -2.21. The summed E-state index contributed by atoms with van der Waals surface area (Å²) in [6.45, 7) is 1.81. The highest BCUT2D eigenvalue weighted by atomic mass is 35.5. The molecule has 7 heteroatoms. The van der Waals surface area contributed by atoms with Crippen molar-refractivity contribution in [3.63, 3.8) is 0 Å². The van der Waals surface area contributed by atoms with Crippen LogP contribution in [0.5, 0.6) is 11.6 Å². The Labute approximate surface area is 120 Å². The molecule has 20 heavy (non-hydrogen) atoms. The van der Waals surface area contributed by atoms with E-state index in [1.807, 2.05) is 6.92 Å². The fourth-order valence-electron chi connectivity index (χ4n) is 1.54. The average molecular weight is 294 g/mol. The van der Waals surface area contributed by atoms with E-state index >= 15 is 0 Å². The Bertz CT molecular complexity index is 634. The smallest absolute Gasteiger partial charge is 0.274 e. The van der Waals surface area contributed by atoms with Crippen LogP contribution in [0.15, 0.2) is 30.6 Å². The van der Waals surface area contributed by atoms with Crippen molar-refractivity contribution in [2.24, 2.45) is 0 Å². The van der Waals surface area contributed by atoms with E-state index in [1.54, 1.807) is 18.2 Å². The molecule has 0 aliphatic heterocycles. The number of amides is 1. The summed E-state index contributed by atoms with van der Waals surface area (Å²) in [4.78, 5) is 24.0. The van der Waals surface area contributed by atoms with E-state index in [0.29, 0.717) is 11.3 Å². The van der Waals surface area contributed by atoms with Crippen LogP contribution < -0.4 is 10.2 Å². The summed E-state index contributed by atoms with van der Waals surface area (Å²) in [7, 11) is 1.37. The van der Waals surface area contributed by atoms with Gasteiger partial charge in [-0.3, -0.25) is 9.63 Å². The first-order valence-corrected chi connectivity index (χ1v) is 6.08. The number of hydrogen-bond donors (Lipinski definition) is 1. The van der Waals surface area contributed by atoms with Gasteiger partial charge in [0, 0.05) is 18.0 Å². The summed E-state index contributed by atoms with van der Waals surface area (Å²) >= 11 is 5.87. The molecule has 1 amide bonds. The summed E-state index contributed by atoms with van der Waals surface area (Å²) in [5.74, 6) is 0.424. The quantitative estimate of drug-likeness (QED) is 0.877. The van der Waals surface area contributed by atoms with E-state index in [9.17, 15) is 4.79 Å². The van der Waals surface area contributed by atoms with E-state index in [-0.39, 0.29) is 16.9 Å². The standard InChI is InChI=1S/C13H12ClN3O3/c1-8-7-9(12(18)17-19-2)3-4-10(8)20-13-11(14)15-5-6-16-13/h3-7H,1-2H3,(H,17,18). The minimum atomic E-state index is -0.334. The van der Waals surface area contributed by atoms with E-state index < -0.39 is 0 Å². The van der Waals surface area contributed by atoms with Gasteiger partial charge >= 0.3 is 0 Å². The maximum absolute atomic E-state index is 11.6. The van der Waals surface area contributed by atoms with Crippen LogP contribution in [-0.4, -0.2) is 23.0 Å². The summed E-state index contributed by atoms with van der Waals surface area (Å²) in [5.41, 5.74) is 3.46. The lowest BCUT2D eigenvalue weighted by atomic mass is 10.1. The molecule has 0 aliphatic rings. The van der Waals surface area contributed by atoms with Crippen molar-refractivity contribution in [1.29, 1.82) is 0 Å². The van der Waals surface area contributed by atoms with E-state index in [4.69, 9.17) is 16.3 Å². The third-order valence-corrected chi connectivity index (χ3v) is 2.72. The van der Waals surface area contributed by atoms with Gasteiger partial charge in [0.2, 0.25) is 0 Å². The SMILES string of the molecule is CONC(=O)c1ccc(Oc2nccnc2Cl)c(C)c1. The van der Waals surface area contributed by atoms with Gasteiger partial charge in [0.1, 0.15) is 5.75 Å². The fourth-order valence-corrected chi connectivity index (χ4v) is 1.68. The van der Waals surface area contributed by atoms with Crippen LogP contribution in [0.2, 0.25) is 5.15 Å². The number of aryl methyl sites for hydroxylation is 1. The first kappa shape index (κ1) is 14.2. The van der Waals surface area contributed by atoms with Crippen molar-refractivity contribution in [2.75, 3.05) is 7.11 Å². The fraction of sp³-hybridized carbons (Fsp3) is 0.154. The first-order valence-electron chi connectivity index (χ1n) is 5.70. The predicted octanol–water partition coefficient (Wildman–Crippen LogP) is 2.52. The van der Waals surface area contributed by atoms with Gasteiger partial charge in [0.15, 0.2) is 5.15 Å². The minimum Gasteiger partial charge on any atom is -0.436 e. The summed E-state index contributed by atoms with van der Waals surface area (Å²) in [6.07, 6.45) is 2.96. The third-order valence-electron chi connectivity index (χ3n) is 2.46. The van der Waals surface area contributed by atoms with Gasteiger partial charge in [-0.1, -0.05) is 11.6 Å². The second-order valence-electron chi connectivity index (χ2n) is 3.87. The van der Waals surface area contributed by atoms with Gasteiger partial charge in [-0.15, -0.1) is 0 Å². The minimum absolute atomic E-state index is 0.174. The normalized spacial score (nSPS) is 10.2. The molecule has 0 spiro atoms. The number of nitrogens with one attached hydrogen (secondary N) is 1. The zero-order chi connectivity index (χ0) is 14.5. The predicted molar refractivity (Wildman–Crippen MR) is 72.8 cm³/mol. The van der Waals surface area contributed by atoms with Gasteiger partial charge in [-0.05, 0) is 30.7 Å². The van der Waals surface area contributed by atoms with Crippen molar-refractivity contribution in [3.8, 4) is 11.6 Å². The van der Waals surface area contributed by atoms with Crippen LogP contribution in [-0.2, 0) is 4.84 Å². The molecular formula is C13H12ClN3O3. The Hall–Kier alpha value is -2.18. The highest BCUT2D eigenvalue weighted by Gasteiger charge is 2.10. The maximum Gasteiger partial charge on any atom is 0.274 e. The number of ether oxygens (including phenoxy) is 1. The summed E-state index contributed by atoms with van der Waals surface area (Å²) in [5, 5.41) is 0.174. The van der Waals surface area contributed by atoms with Crippen molar-refractivity contribution < 1.29 is 14.4 Å². The molecule has 1 aromatic heterocycles. The van der Waals surface area contributed by atoms with Crippen molar-refractivity contribution in [2.45, 2.75) is 6.92 Å². The van der Waals surface area contributed by atoms with Gasteiger partial charge in [0.25, 0.3) is 11.8 Å². The van der Waals surface area contributed by atoms with E-state index in [0.717, 1.165) is 5.56 Å². The number of carbonyl (C=O) groups is 1. The number of benzene rings is 1. The molecule has 2 aromatic rings. The second kappa shape index (κ2) is 6.31. The number of halogens is 1. The zero-order valence-corrected chi connectivity index (χ0v) is 11.6. The van der Waals surface area contributed by atoms with Gasteiger partial charge in [0.05, 0.1) is 7.11 Å². The number of carbonyl (C=O) groups excluding carboxylic acids is 1. The van der Waals surface area contributed by atoms with Crippen LogP contribution in [0, 0.1) is 6.92 Å². The molecule has 0 unspecified atom stereocenters. The molecule has 2 rings (SSSR count). The van der Waals surface area contributed by atoms with Gasteiger partial charge in [-0.25, -0.2) is 15.4 Å². The number of aromatic nitrogens is 2. The number of hydrogen-bond acceptors (Lipinski definition) is 5. The molecule has 0 fully saturated rings. The molecule has 0 atom stereocenters. The Morgan fingerprint density at radius 2 is 2.05 bits per heavy atom. The number of rotatable bonds is 4. The Morgan fingerprint density at radius 1 is 1.30 bits per heavy atom. The number of nitrogens with zero attached hydrogens (tertiary/aromatic N) is 2. The third kappa shape index (κ3) is 3.23. The van der Waals surface area contributed by atoms with Crippen LogP contribution in [0.4, 0.5) is 0 Å². The van der Waals surface area contributed by atoms with Crippen LogP contribution >= 0.6 is 11.6 Å². The molecule has 0 aliphatic carbocycles. The van der Waals surface area contributed by atoms with Crippen molar-refractivity contribution in [3.05, 3.63) is 46.9 Å². The maximum atomic E-state index is 11.6. The van der Waals surface area contributed by atoms with Crippen molar-refractivity contribution in [1.82, 2.24) is 15.4 Å². The second-order valence-corrected chi connectivity index (χ2v) is 4.23. The topological polar surface area (TPSA) is 73.3 Å². The molecule has 0 bridgehead atoms. The molecule has 1 N–H and O–H groups in total. The summed E-state index contributed by atoms with van der Waals surface area (Å²) < 4.78 is 5.57. The lowest BCUT2D eigenvalue weighted by Gasteiger charge is -2.09. The molecular weight excluding hydrogens is 282 g/mol. The Kier molecular flexibility index (Phi) is 4.49. The Morgan fingerprint density at radius 3 is 2.70 bits per heavy atom. The monoisotopic (exact) mass is 293 g/mol. The first-order chi connectivity index (χ1) is 9.61. The molecule has 1 heterocycles. The average Bonchev–Trinajstić information content (AvgIpc) is 2.43. The molecule has 1 aromatic carbocycles. The van der Waals surface area contributed by atoms with E-state index in [1.165, 1.54) is 19.5 Å². The molecule has 6 nitrogen and oxygen atoms in total. The van der Waals surface area contributed by atoms with Crippen LogP contribution in [0.1, 0.15) is 15.9 Å². The number of hydroxylamine groups is 1. The molecule has 0 radical (unpaired) electrons.